The zero-order valence-corrected chi connectivity index (χ0v) is 23.1. The van der Waals surface area contributed by atoms with Crippen LogP contribution in [0.1, 0.15) is 88.2 Å². The molecular weight excluding hydrogens is 450 g/mol. The van der Waals surface area contributed by atoms with Crippen molar-refractivity contribution in [2.75, 3.05) is 17.7 Å². The van der Waals surface area contributed by atoms with Crippen LogP contribution in [0, 0.1) is 30.1 Å². The van der Waals surface area contributed by atoms with Crippen molar-refractivity contribution in [3.63, 3.8) is 0 Å². The molecule has 7 heteroatoms. The first-order valence-corrected chi connectivity index (χ1v) is 13.1. The van der Waals surface area contributed by atoms with Gasteiger partial charge in [-0.25, -0.2) is 4.98 Å². The molecule has 2 aromatic rings. The number of ketones is 1. The number of nitrogens with one attached hydrogen (secondary N) is 3. The van der Waals surface area contributed by atoms with Crippen molar-refractivity contribution < 1.29 is 9.59 Å². The number of nitrogens with two attached hydrogens (primary N) is 1. The molecule has 0 aliphatic heterocycles. The molecule has 1 aromatic heterocycles. The van der Waals surface area contributed by atoms with Crippen LogP contribution in [0.25, 0.3) is 0 Å². The number of Topliss-reactive ketones (excluding diaryl/α,β-unsaturated/α-hetero) is 1. The lowest BCUT2D eigenvalue weighted by Gasteiger charge is -2.15. The molecule has 2 aliphatic rings. The van der Waals surface area contributed by atoms with Crippen molar-refractivity contribution >= 4 is 35.1 Å². The fourth-order valence-electron chi connectivity index (χ4n) is 3.05. The molecule has 2 saturated carbocycles. The van der Waals surface area contributed by atoms with Crippen LogP contribution >= 0.6 is 0 Å². The first-order chi connectivity index (χ1) is 17.3. The third-order valence-electron chi connectivity index (χ3n) is 5.93. The number of benzene rings is 1. The van der Waals surface area contributed by atoms with E-state index in [2.05, 4.69) is 42.1 Å². The SMILES string of the molecule is CC.CCC(C)C.CN.Cc1c(C=N)cccc1Nc1cc(NC(=O)C2CC2)ncc1C(=O)C1CC1. The van der Waals surface area contributed by atoms with Crippen molar-refractivity contribution in [3.05, 3.63) is 47.2 Å². The van der Waals surface area contributed by atoms with Gasteiger partial charge >= 0.3 is 0 Å². The Balaban J connectivity index is 0.000000634. The molecule has 7 nitrogen and oxygen atoms in total. The van der Waals surface area contributed by atoms with E-state index in [0.29, 0.717) is 17.1 Å². The number of amides is 1. The van der Waals surface area contributed by atoms with Gasteiger partial charge in [0.2, 0.25) is 5.91 Å². The summed E-state index contributed by atoms with van der Waals surface area (Å²) in [5.74, 6) is 1.57. The highest BCUT2D eigenvalue weighted by Gasteiger charge is 2.33. The first-order valence-electron chi connectivity index (χ1n) is 13.1. The predicted molar refractivity (Wildman–Crippen MR) is 152 cm³/mol. The van der Waals surface area contributed by atoms with Gasteiger partial charge in [0.25, 0.3) is 0 Å². The van der Waals surface area contributed by atoms with Gasteiger partial charge in [-0.1, -0.05) is 53.2 Å². The van der Waals surface area contributed by atoms with E-state index in [1.807, 2.05) is 39.0 Å². The van der Waals surface area contributed by atoms with Gasteiger partial charge < -0.3 is 21.8 Å². The maximum Gasteiger partial charge on any atom is 0.228 e. The van der Waals surface area contributed by atoms with Gasteiger partial charge in [0.05, 0.1) is 11.3 Å². The van der Waals surface area contributed by atoms with Gasteiger partial charge in [-0.3, -0.25) is 9.59 Å². The van der Waals surface area contributed by atoms with E-state index in [-0.39, 0.29) is 23.5 Å². The number of rotatable bonds is 8. The summed E-state index contributed by atoms with van der Waals surface area (Å²) in [6, 6.07) is 7.38. The number of aromatic nitrogens is 1. The fraction of sp³-hybridized carbons (Fsp3) is 0.517. The third kappa shape index (κ3) is 9.53. The van der Waals surface area contributed by atoms with Gasteiger partial charge in [-0.15, -0.1) is 0 Å². The van der Waals surface area contributed by atoms with Crippen molar-refractivity contribution in [2.24, 2.45) is 23.5 Å². The highest BCUT2D eigenvalue weighted by molar-refractivity contribution is 6.05. The second-order valence-corrected chi connectivity index (χ2v) is 9.11. The van der Waals surface area contributed by atoms with Crippen LogP contribution in [0.3, 0.4) is 0 Å². The Bertz CT molecular complexity index is 995. The van der Waals surface area contributed by atoms with Crippen molar-refractivity contribution in [3.8, 4) is 0 Å². The Labute approximate surface area is 217 Å². The number of carbonyl (C=O) groups is 2. The molecular formula is C29H45N5O2. The van der Waals surface area contributed by atoms with Crippen LogP contribution < -0.4 is 16.4 Å². The van der Waals surface area contributed by atoms with Crippen LogP contribution in [-0.2, 0) is 4.79 Å². The molecule has 5 N–H and O–H groups in total. The average Bonchev–Trinajstić information content (AvgIpc) is 3.81. The van der Waals surface area contributed by atoms with E-state index >= 15 is 0 Å². The highest BCUT2D eigenvalue weighted by Crippen LogP contribution is 2.36. The topological polar surface area (TPSA) is 121 Å². The molecule has 1 amide bonds. The van der Waals surface area contributed by atoms with Crippen LogP contribution in [0.4, 0.5) is 17.2 Å². The van der Waals surface area contributed by atoms with Gasteiger partial charge in [0.1, 0.15) is 5.82 Å². The van der Waals surface area contributed by atoms with E-state index in [4.69, 9.17) is 5.41 Å². The molecule has 1 aromatic carbocycles. The van der Waals surface area contributed by atoms with Crippen LogP contribution in [-0.4, -0.2) is 29.9 Å². The predicted octanol–water partition coefficient (Wildman–Crippen LogP) is 6.73. The summed E-state index contributed by atoms with van der Waals surface area (Å²) in [5, 5.41) is 13.7. The number of pyridine rings is 1. The van der Waals surface area contributed by atoms with Gasteiger partial charge in [-0.2, -0.15) is 0 Å². The van der Waals surface area contributed by atoms with E-state index in [9.17, 15) is 9.59 Å². The monoisotopic (exact) mass is 495 g/mol. The molecule has 1 heterocycles. The minimum atomic E-state index is -0.0169. The average molecular weight is 496 g/mol. The zero-order chi connectivity index (χ0) is 27.3. The lowest BCUT2D eigenvalue weighted by atomic mass is 10.0. The van der Waals surface area contributed by atoms with Crippen molar-refractivity contribution in [1.82, 2.24) is 4.98 Å². The summed E-state index contributed by atoms with van der Waals surface area (Å²) >= 11 is 0. The van der Waals surface area contributed by atoms with Gasteiger partial charge in [0.15, 0.2) is 5.78 Å². The number of anilines is 3. The normalized spacial score (nSPS) is 13.6. The second-order valence-electron chi connectivity index (χ2n) is 9.11. The minimum absolute atomic E-state index is 0.0169. The standard InChI is InChI=1S/C21H22N4O2.C5H12.C2H6.CH5N/c1-12-15(10-22)3-2-4-17(12)24-18-9-19(25-21(27)14-7-8-14)23-11-16(18)20(26)13-5-6-13;1-4-5(2)3;2*1-2/h2-4,9-11,13-14,22H,5-8H2,1H3,(H2,23,24,25,27);5H,4H2,1-3H3;1-2H3;2H2,1H3. The lowest BCUT2D eigenvalue weighted by Crippen LogP contribution is -2.15. The Hall–Kier alpha value is -3.06. The molecule has 36 heavy (non-hydrogen) atoms. The number of hydrogen-bond acceptors (Lipinski definition) is 6. The fourth-order valence-corrected chi connectivity index (χ4v) is 3.05. The molecule has 0 unspecified atom stereocenters. The summed E-state index contributed by atoms with van der Waals surface area (Å²) in [6.07, 6.45) is 7.85. The summed E-state index contributed by atoms with van der Waals surface area (Å²) in [6.45, 7) is 12.6. The molecule has 198 valence electrons. The van der Waals surface area contributed by atoms with Gasteiger partial charge in [-0.05, 0) is 62.8 Å². The molecule has 0 radical (unpaired) electrons. The molecule has 2 aliphatic carbocycles. The molecule has 2 fully saturated rings. The Morgan fingerprint density at radius 1 is 1.11 bits per heavy atom. The molecule has 4 rings (SSSR count). The van der Waals surface area contributed by atoms with Crippen molar-refractivity contribution in [1.29, 1.82) is 5.41 Å². The highest BCUT2D eigenvalue weighted by atomic mass is 16.2. The van der Waals surface area contributed by atoms with Crippen LogP contribution in [0.2, 0.25) is 0 Å². The number of nitrogens with zero attached hydrogens (tertiary/aromatic N) is 1. The minimum Gasteiger partial charge on any atom is -0.355 e. The van der Waals surface area contributed by atoms with Crippen molar-refractivity contribution in [2.45, 2.75) is 73.6 Å². The van der Waals surface area contributed by atoms with E-state index in [1.165, 1.54) is 19.7 Å². The van der Waals surface area contributed by atoms with E-state index in [1.54, 1.807) is 12.3 Å². The second kappa shape index (κ2) is 15.8. The summed E-state index contributed by atoms with van der Waals surface area (Å²) < 4.78 is 0. The van der Waals surface area contributed by atoms with Gasteiger partial charge in [0, 0.05) is 36.0 Å². The maximum absolute atomic E-state index is 12.7. The van der Waals surface area contributed by atoms with Crippen LogP contribution in [0.5, 0.6) is 0 Å². The van der Waals surface area contributed by atoms with Crippen LogP contribution in [0.15, 0.2) is 30.5 Å². The molecule has 0 bridgehead atoms. The molecule has 0 spiro atoms. The van der Waals surface area contributed by atoms with E-state index in [0.717, 1.165) is 48.4 Å². The summed E-state index contributed by atoms with van der Waals surface area (Å²) in [5.41, 5.74) is 8.25. The third-order valence-corrected chi connectivity index (χ3v) is 5.93. The summed E-state index contributed by atoms with van der Waals surface area (Å²) in [4.78, 5) is 29.0. The molecule has 0 saturated heterocycles. The van der Waals surface area contributed by atoms with E-state index < -0.39 is 0 Å². The molecule has 0 atom stereocenters. The summed E-state index contributed by atoms with van der Waals surface area (Å²) in [7, 11) is 1.50. The quantitative estimate of drug-likeness (QED) is 0.239. The lowest BCUT2D eigenvalue weighted by molar-refractivity contribution is -0.117. The number of carbonyl (C=O) groups excluding carboxylic acids is 2. The maximum atomic E-state index is 12.7. The smallest absolute Gasteiger partial charge is 0.228 e. The zero-order valence-electron chi connectivity index (χ0n) is 23.1. The first kappa shape index (κ1) is 31.0. The Kier molecular flexibility index (Phi) is 13.6. The largest absolute Gasteiger partial charge is 0.355 e. The Morgan fingerprint density at radius 3 is 2.19 bits per heavy atom. The Morgan fingerprint density at radius 2 is 1.69 bits per heavy atom. The number of hydrogen-bond donors (Lipinski definition) is 4.